The number of aromatic nitrogens is 1. The van der Waals surface area contributed by atoms with Crippen LogP contribution >= 0.6 is 23.2 Å². The minimum atomic E-state index is -0.0498. The number of methoxy groups -OCH3 is 1. The van der Waals surface area contributed by atoms with Gasteiger partial charge in [0.1, 0.15) is 5.75 Å². The van der Waals surface area contributed by atoms with Gasteiger partial charge in [-0.15, -0.1) is 0 Å². The van der Waals surface area contributed by atoms with Gasteiger partial charge in [0.2, 0.25) is 0 Å². The highest BCUT2D eigenvalue weighted by Gasteiger charge is 2.06. The zero-order valence-electron chi connectivity index (χ0n) is 11.8. The summed E-state index contributed by atoms with van der Waals surface area (Å²) in [5.74, 6) is 0.731. The molecule has 0 atom stereocenters. The lowest BCUT2D eigenvalue weighted by Crippen LogP contribution is -2.20. The number of hydrogen-bond acceptors (Lipinski definition) is 2. The van der Waals surface area contributed by atoms with E-state index in [1.807, 2.05) is 18.2 Å². The lowest BCUT2D eigenvalue weighted by atomic mass is 10.1. The van der Waals surface area contributed by atoms with E-state index in [4.69, 9.17) is 27.9 Å². The molecule has 0 spiro atoms. The van der Waals surface area contributed by atoms with Gasteiger partial charge in [-0.3, -0.25) is 4.79 Å². The zero-order valence-corrected chi connectivity index (χ0v) is 13.4. The Hall–Kier alpha value is -1.97. The number of hydrogen-bond donors (Lipinski definition) is 0. The monoisotopic (exact) mass is 333 g/mol. The molecule has 112 valence electrons. The van der Waals surface area contributed by atoms with E-state index in [9.17, 15) is 4.79 Å². The van der Waals surface area contributed by atoms with E-state index in [1.54, 1.807) is 42.1 Å². The van der Waals surface area contributed by atoms with Crippen LogP contribution in [0.25, 0.3) is 10.8 Å². The number of rotatable bonds is 3. The van der Waals surface area contributed by atoms with Crippen LogP contribution in [0, 0.1) is 0 Å². The maximum absolute atomic E-state index is 12.5. The van der Waals surface area contributed by atoms with Gasteiger partial charge in [-0.25, -0.2) is 0 Å². The predicted molar refractivity (Wildman–Crippen MR) is 90.3 cm³/mol. The molecule has 0 aliphatic rings. The van der Waals surface area contributed by atoms with Crippen LogP contribution in [0.1, 0.15) is 5.56 Å². The Bertz CT molecular complexity index is 903. The molecule has 0 saturated carbocycles. The van der Waals surface area contributed by atoms with Crippen LogP contribution in [0.15, 0.2) is 53.5 Å². The number of ether oxygens (including phenoxy) is 1. The molecule has 0 aliphatic heterocycles. The van der Waals surface area contributed by atoms with Gasteiger partial charge < -0.3 is 9.30 Å². The minimum Gasteiger partial charge on any atom is -0.497 e. The van der Waals surface area contributed by atoms with Crippen molar-refractivity contribution in [3.63, 3.8) is 0 Å². The smallest absolute Gasteiger partial charge is 0.258 e. The lowest BCUT2D eigenvalue weighted by Gasteiger charge is -2.09. The molecule has 0 unspecified atom stereocenters. The van der Waals surface area contributed by atoms with Crippen molar-refractivity contribution in [2.75, 3.05) is 7.11 Å². The van der Waals surface area contributed by atoms with Gasteiger partial charge in [-0.05, 0) is 47.3 Å². The number of pyridine rings is 1. The fourth-order valence-corrected chi connectivity index (χ4v) is 2.67. The summed E-state index contributed by atoms with van der Waals surface area (Å²) in [4.78, 5) is 12.5. The highest BCUT2D eigenvalue weighted by atomic mass is 35.5. The van der Waals surface area contributed by atoms with E-state index in [1.165, 1.54) is 0 Å². The second-order valence-electron chi connectivity index (χ2n) is 4.95. The van der Waals surface area contributed by atoms with Gasteiger partial charge >= 0.3 is 0 Å². The van der Waals surface area contributed by atoms with Crippen LogP contribution in [0.4, 0.5) is 0 Å². The minimum absolute atomic E-state index is 0.0498. The van der Waals surface area contributed by atoms with Gasteiger partial charge in [-0.2, -0.15) is 0 Å². The van der Waals surface area contributed by atoms with E-state index in [0.717, 1.165) is 16.7 Å². The third kappa shape index (κ3) is 2.82. The molecule has 3 rings (SSSR count). The Kier molecular flexibility index (Phi) is 4.10. The van der Waals surface area contributed by atoms with Gasteiger partial charge in [0.05, 0.1) is 23.7 Å². The summed E-state index contributed by atoms with van der Waals surface area (Å²) in [6.07, 6.45) is 1.77. The van der Waals surface area contributed by atoms with Crippen LogP contribution in [-0.4, -0.2) is 11.7 Å². The zero-order chi connectivity index (χ0) is 15.7. The van der Waals surface area contributed by atoms with Gasteiger partial charge in [0.15, 0.2) is 0 Å². The van der Waals surface area contributed by atoms with E-state index in [2.05, 4.69) is 0 Å². The van der Waals surface area contributed by atoms with Crippen molar-refractivity contribution in [2.24, 2.45) is 0 Å². The molecule has 0 radical (unpaired) electrons. The predicted octanol–water partition coefficient (Wildman–Crippen LogP) is 4.37. The van der Waals surface area contributed by atoms with Crippen LogP contribution < -0.4 is 10.3 Å². The first kappa shape index (κ1) is 14.9. The fourth-order valence-electron chi connectivity index (χ4n) is 2.35. The van der Waals surface area contributed by atoms with Crippen LogP contribution in [0.3, 0.4) is 0 Å². The van der Waals surface area contributed by atoms with Crippen LogP contribution in [-0.2, 0) is 6.54 Å². The van der Waals surface area contributed by atoms with Crippen LogP contribution in [0.2, 0.25) is 10.0 Å². The molecule has 0 aliphatic carbocycles. The van der Waals surface area contributed by atoms with E-state index >= 15 is 0 Å². The Morgan fingerprint density at radius 2 is 1.86 bits per heavy atom. The molecular weight excluding hydrogens is 321 g/mol. The lowest BCUT2D eigenvalue weighted by molar-refractivity contribution is 0.415. The molecule has 22 heavy (non-hydrogen) atoms. The highest BCUT2D eigenvalue weighted by molar-refractivity contribution is 6.42. The van der Waals surface area contributed by atoms with E-state index in [0.29, 0.717) is 22.0 Å². The van der Waals surface area contributed by atoms with E-state index in [-0.39, 0.29) is 5.56 Å². The Morgan fingerprint density at radius 3 is 2.59 bits per heavy atom. The topological polar surface area (TPSA) is 31.2 Å². The molecule has 3 nitrogen and oxygen atoms in total. The molecule has 1 aromatic heterocycles. The molecule has 0 amide bonds. The first-order chi connectivity index (χ1) is 10.6. The number of fused-ring (bicyclic) bond motifs is 1. The second-order valence-corrected chi connectivity index (χ2v) is 5.76. The molecule has 2 aromatic carbocycles. The van der Waals surface area contributed by atoms with Crippen molar-refractivity contribution in [1.29, 1.82) is 0 Å². The second kappa shape index (κ2) is 6.03. The van der Waals surface area contributed by atoms with Gasteiger partial charge in [-0.1, -0.05) is 29.3 Å². The number of halogens is 2. The Labute approximate surface area is 137 Å². The average molecular weight is 334 g/mol. The summed E-state index contributed by atoms with van der Waals surface area (Å²) in [7, 11) is 1.60. The van der Waals surface area contributed by atoms with Crippen molar-refractivity contribution in [3.05, 3.63) is 74.6 Å². The van der Waals surface area contributed by atoms with Gasteiger partial charge in [0.25, 0.3) is 5.56 Å². The van der Waals surface area contributed by atoms with Crippen molar-refractivity contribution in [2.45, 2.75) is 6.54 Å². The number of nitrogens with zero attached hydrogens (tertiary/aromatic N) is 1. The molecular formula is C17H13Cl2NO2. The van der Waals surface area contributed by atoms with E-state index < -0.39 is 0 Å². The van der Waals surface area contributed by atoms with Gasteiger partial charge in [0, 0.05) is 11.6 Å². The van der Waals surface area contributed by atoms with Crippen molar-refractivity contribution >= 4 is 34.0 Å². The quantitative estimate of drug-likeness (QED) is 0.712. The molecule has 0 fully saturated rings. The molecule has 0 N–H and O–H groups in total. The third-order valence-electron chi connectivity index (χ3n) is 3.52. The normalized spacial score (nSPS) is 10.9. The molecule has 3 aromatic rings. The van der Waals surface area contributed by atoms with Crippen LogP contribution in [0.5, 0.6) is 5.75 Å². The first-order valence-electron chi connectivity index (χ1n) is 6.69. The Morgan fingerprint density at radius 1 is 1.05 bits per heavy atom. The summed E-state index contributed by atoms with van der Waals surface area (Å²) in [5, 5.41) is 2.50. The largest absolute Gasteiger partial charge is 0.497 e. The maximum Gasteiger partial charge on any atom is 0.258 e. The summed E-state index contributed by atoms with van der Waals surface area (Å²) in [5.41, 5.74) is 0.871. The fraction of sp³-hybridized carbons (Fsp3) is 0.118. The van der Waals surface area contributed by atoms with Crippen molar-refractivity contribution in [3.8, 4) is 5.75 Å². The maximum atomic E-state index is 12.5. The molecule has 1 heterocycles. The Balaban J connectivity index is 2.02. The third-order valence-corrected chi connectivity index (χ3v) is 4.26. The molecule has 0 bridgehead atoms. The molecule has 0 saturated heterocycles. The number of benzene rings is 2. The van der Waals surface area contributed by atoms with Crippen molar-refractivity contribution < 1.29 is 4.74 Å². The summed E-state index contributed by atoms with van der Waals surface area (Å²) in [6, 6.07) is 12.7. The summed E-state index contributed by atoms with van der Waals surface area (Å²) < 4.78 is 6.82. The first-order valence-corrected chi connectivity index (χ1v) is 7.45. The summed E-state index contributed by atoms with van der Waals surface area (Å²) in [6.45, 7) is 0.442. The highest BCUT2D eigenvalue weighted by Crippen LogP contribution is 2.23. The van der Waals surface area contributed by atoms with Crippen molar-refractivity contribution in [1.82, 2.24) is 4.57 Å². The SMILES string of the molecule is COc1ccc2c(=O)n(Cc3ccc(Cl)c(Cl)c3)ccc2c1. The standard InChI is InChI=1S/C17H13Cl2NO2/c1-22-13-3-4-14-12(9-13)6-7-20(17(14)21)10-11-2-5-15(18)16(19)8-11/h2-9H,10H2,1H3. The summed E-state index contributed by atoms with van der Waals surface area (Å²) >= 11 is 11.9. The molecule has 5 heteroatoms. The average Bonchev–Trinajstić information content (AvgIpc) is 2.53.